The summed E-state index contributed by atoms with van der Waals surface area (Å²) < 4.78 is 5.19. The monoisotopic (exact) mass is 333 g/mol. The molecule has 124 valence electrons. The summed E-state index contributed by atoms with van der Waals surface area (Å²) in [6.45, 7) is 6.06. The Hall–Kier alpha value is -1.47. The van der Waals surface area contributed by atoms with Crippen LogP contribution in [0.3, 0.4) is 0 Å². The van der Waals surface area contributed by atoms with Crippen LogP contribution < -0.4 is 4.74 Å². The van der Waals surface area contributed by atoms with Crippen LogP contribution in [0.2, 0.25) is 0 Å². The maximum Gasteiger partial charge on any atom is 0.123 e. The summed E-state index contributed by atoms with van der Waals surface area (Å²) in [6.07, 6.45) is 0. The minimum atomic E-state index is 0.247. The minimum absolute atomic E-state index is 0.247. The molecule has 2 heterocycles. The van der Waals surface area contributed by atoms with Crippen molar-refractivity contribution in [3.8, 4) is 16.3 Å². The minimum Gasteiger partial charge on any atom is -0.497 e. The number of hydrogen-bond donors (Lipinski definition) is 1. The van der Waals surface area contributed by atoms with Gasteiger partial charge in [0, 0.05) is 50.2 Å². The van der Waals surface area contributed by atoms with E-state index in [2.05, 4.69) is 27.3 Å². The van der Waals surface area contributed by atoms with Crippen LogP contribution in [0.1, 0.15) is 5.69 Å². The predicted octanol–water partition coefficient (Wildman–Crippen LogP) is 1.93. The highest BCUT2D eigenvalue weighted by atomic mass is 32.1. The van der Waals surface area contributed by atoms with Gasteiger partial charge in [-0.05, 0) is 24.3 Å². The Morgan fingerprint density at radius 3 is 2.48 bits per heavy atom. The molecule has 3 rings (SSSR count). The second-order valence-electron chi connectivity index (χ2n) is 5.71. The summed E-state index contributed by atoms with van der Waals surface area (Å²) in [6, 6.07) is 8.04. The number of aromatic nitrogens is 1. The molecular weight excluding hydrogens is 310 g/mol. The molecule has 0 spiro atoms. The van der Waals surface area contributed by atoms with Crippen LogP contribution in [0, 0.1) is 0 Å². The molecule has 1 aliphatic heterocycles. The molecule has 23 heavy (non-hydrogen) atoms. The number of hydrogen-bond acceptors (Lipinski definition) is 6. The zero-order valence-corrected chi connectivity index (χ0v) is 14.3. The largest absolute Gasteiger partial charge is 0.497 e. The van der Waals surface area contributed by atoms with E-state index in [-0.39, 0.29) is 6.61 Å². The summed E-state index contributed by atoms with van der Waals surface area (Å²) in [5.41, 5.74) is 2.27. The second-order valence-corrected chi connectivity index (χ2v) is 6.57. The Labute approximate surface area is 141 Å². The maximum atomic E-state index is 8.99. The van der Waals surface area contributed by atoms with Crippen molar-refractivity contribution >= 4 is 11.3 Å². The van der Waals surface area contributed by atoms with Gasteiger partial charge in [0.2, 0.25) is 0 Å². The normalized spacial score (nSPS) is 16.6. The molecule has 0 unspecified atom stereocenters. The third kappa shape index (κ3) is 4.29. The first-order chi connectivity index (χ1) is 11.3. The number of aliphatic hydroxyl groups is 1. The third-order valence-corrected chi connectivity index (χ3v) is 5.10. The summed E-state index contributed by atoms with van der Waals surface area (Å²) in [7, 11) is 1.68. The van der Waals surface area contributed by atoms with Crippen LogP contribution >= 0.6 is 11.3 Å². The lowest BCUT2D eigenvalue weighted by Crippen LogP contribution is -2.46. The average Bonchev–Trinajstić information content (AvgIpc) is 3.05. The average molecular weight is 333 g/mol. The molecule has 0 bridgehead atoms. The van der Waals surface area contributed by atoms with E-state index in [0.717, 1.165) is 61.3 Å². The summed E-state index contributed by atoms with van der Waals surface area (Å²) in [5, 5.41) is 12.2. The fourth-order valence-corrected chi connectivity index (χ4v) is 3.60. The van der Waals surface area contributed by atoms with Crippen molar-refractivity contribution in [3.05, 3.63) is 35.3 Å². The van der Waals surface area contributed by atoms with Gasteiger partial charge in [-0.2, -0.15) is 0 Å². The molecule has 1 aromatic heterocycles. The molecule has 0 saturated carbocycles. The highest BCUT2D eigenvalue weighted by molar-refractivity contribution is 7.13. The molecule has 0 radical (unpaired) electrons. The number of methoxy groups -OCH3 is 1. The van der Waals surface area contributed by atoms with Gasteiger partial charge in [-0.15, -0.1) is 11.3 Å². The molecule has 2 aromatic rings. The molecule has 1 N–H and O–H groups in total. The predicted molar refractivity (Wildman–Crippen MR) is 92.9 cm³/mol. The number of piperazine rings is 1. The first-order valence-electron chi connectivity index (χ1n) is 7.93. The molecule has 1 aromatic carbocycles. The molecule has 0 aliphatic carbocycles. The van der Waals surface area contributed by atoms with E-state index in [1.807, 2.05) is 12.1 Å². The molecule has 0 amide bonds. The number of thiazole rings is 1. The number of aliphatic hydroxyl groups excluding tert-OH is 1. The van der Waals surface area contributed by atoms with Gasteiger partial charge in [0.05, 0.1) is 19.4 Å². The quantitative estimate of drug-likeness (QED) is 0.875. The topological polar surface area (TPSA) is 48.8 Å². The van der Waals surface area contributed by atoms with Crippen molar-refractivity contribution in [1.29, 1.82) is 0 Å². The second kappa shape index (κ2) is 7.88. The van der Waals surface area contributed by atoms with Crippen LogP contribution in [-0.2, 0) is 6.54 Å². The Morgan fingerprint density at radius 2 is 1.83 bits per heavy atom. The summed E-state index contributed by atoms with van der Waals surface area (Å²) >= 11 is 1.69. The molecule has 0 atom stereocenters. The van der Waals surface area contributed by atoms with Gasteiger partial charge in [-0.3, -0.25) is 9.80 Å². The van der Waals surface area contributed by atoms with Crippen LogP contribution in [0.5, 0.6) is 5.75 Å². The molecule has 6 heteroatoms. The van der Waals surface area contributed by atoms with Crippen molar-refractivity contribution in [2.75, 3.05) is 46.4 Å². The third-order valence-electron chi connectivity index (χ3n) is 4.16. The van der Waals surface area contributed by atoms with E-state index >= 15 is 0 Å². The molecular formula is C17H23N3O2S. The smallest absolute Gasteiger partial charge is 0.123 e. The summed E-state index contributed by atoms with van der Waals surface area (Å²) in [5.74, 6) is 0.867. The summed E-state index contributed by atoms with van der Waals surface area (Å²) in [4.78, 5) is 9.51. The van der Waals surface area contributed by atoms with E-state index in [1.165, 1.54) is 0 Å². The fourth-order valence-electron chi connectivity index (χ4n) is 2.79. The standard InChI is InChI=1S/C17H23N3O2S/c1-22-16-4-2-14(3-5-16)17-18-15(13-23-17)12-20-8-6-19(7-9-20)10-11-21/h2-5,13,21H,6-12H2,1H3. The zero-order valence-electron chi connectivity index (χ0n) is 13.4. The first kappa shape index (κ1) is 16.4. The number of ether oxygens (including phenoxy) is 1. The first-order valence-corrected chi connectivity index (χ1v) is 8.81. The van der Waals surface area contributed by atoms with Crippen LogP contribution in [0.15, 0.2) is 29.6 Å². The van der Waals surface area contributed by atoms with Crippen LogP contribution in [0.25, 0.3) is 10.6 Å². The van der Waals surface area contributed by atoms with Gasteiger partial charge in [0.1, 0.15) is 10.8 Å². The highest BCUT2D eigenvalue weighted by Crippen LogP contribution is 2.26. The van der Waals surface area contributed by atoms with Crippen LogP contribution in [0.4, 0.5) is 0 Å². The van der Waals surface area contributed by atoms with E-state index in [1.54, 1.807) is 18.4 Å². The van der Waals surface area contributed by atoms with Crippen molar-refractivity contribution < 1.29 is 9.84 Å². The molecule has 1 saturated heterocycles. The molecule has 1 aliphatic rings. The Morgan fingerprint density at radius 1 is 1.13 bits per heavy atom. The Bertz CT molecular complexity index is 607. The number of β-amino-alcohol motifs (C(OH)–C–C–N with tert-alkyl or cyclic N) is 1. The van der Waals surface area contributed by atoms with Gasteiger partial charge in [0.15, 0.2) is 0 Å². The van der Waals surface area contributed by atoms with E-state index in [4.69, 9.17) is 14.8 Å². The maximum absolute atomic E-state index is 8.99. The molecule has 1 fully saturated rings. The Balaban J connectivity index is 1.57. The lowest BCUT2D eigenvalue weighted by Gasteiger charge is -2.33. The highest BCUT2D eigenvalue weighted by Gasteiger charge is 2.17. The number of benzene rings is 1. The van der Waals surface area contributed by atoms with Gasteiger partial charge >= 0.3 is 0 Å². The van der Waals surface area contributed by atoms with Gasteiger partial charge in [-0.25, -0.2) is 4.98 Å². The van der Waals surface area contributed by atoms with Crippen LogP contribution in [-0.4, -0.2) is 66.3 Å². The van der Waals surface area contributed by atoms with Gasteiger partial charge in [0.25, 0.3) is 0 Å². The van der Waals surface area contributed by atoms with E-state index in [0.29, 0.717) is 0 Å². The lowest BCUT2D eigenvalue weighted by atomic mass is 10.2. The van der Waals surface area contributed by atoms with Crippen molar-refractivity contribution in [2.45, 2.75) is 6.54 Å². The Kier molecular flexibility index (Phi) is 5.61. The number of nitrogens with zero attached hydrogens (tertiary/aromatic N) is 3. The van der Waals surface area contributed by atoms with Gasteiger partial charge < -0.3 is 9.84 Å². The lowest BCUT2D eigenvalue weighted by molar-refractivity contribution is 0.108. The van der Waals surface area contributed by atoms with E-state index in [9.17, 15) is 0 Å². The SMILES string of the molecule is COc1ccc(-c2nc(CN3CCN(CCO)CC3)cs2)cc1. The number of rotatable bonds is 6. The molecule has 5 nitrogen and oxygen atoms in total. The zero-order chi connectivity index (χ0) is 16.1. The van der Waals surface area contributed by atoms with Crippen molar-refractivity contribution in [3.63, 3.8) is 0 Å². The van der Waals surface area contributed by atoms with Gasteiger partial charge in [-0.1, -0.05) is 0 Å². The van der Waals surface area contributed by atoms with Crippen molar-refractivity contribution in [1.82, 2.24) is 14.8 Å². The fraction of sp³-hybridized carbons (Fsp3) is 0.471. The van der Waals surface area contributed by atoms with Crippen molar-refractivity contribution in [2.24, 2.45) is 0 Å². The van der Waals surface area contributed by atoms with E-state index < -0.39 is 0 Å².